The molecule has 0 saturated carbocycles. The highest BCUT2D eigenvalue weighted by molar-refractivity contribution is 6.00. The minimum absolute atomic E-state index is 0.0257. The molecule has 1 aromatic carbocycles. The summed E-state index contributed by atoms with van der Waals surface area (Å²) in [5.74, 6) is -0.486. The minimum atomic E-state index is -4.49. The van der Waals surface area contributed by atoms with Crippen molar-refractivity contribution in [2.24, 2.45) is 0 Å². The van der Waals surface area contributed by atoms with Crippen LogP contribution in [0, 0.1) is 0 Å². The van der Waals surface area contributed by atoms with Crippen molar-refractivity contribution in [3.63, 3.8) is 0 Å². The van der Waals surface area contributed by atoms with Crippen molar-refractivity contribution in [2.75, 3.05) is 18.4 Å². The number of amides is 1. The molecule has 0 aromatic heterocycles. The van der Waals surface area contributed by atoms with E-state index >= 15 is 0 Å². The molecule has 0 atom stereocenters. The highest BCUT2D eigenvalue weighted by Gasteiger charge is 2.35. The number of alkyl halides is 3. The van der Waals surface area contributed by atoms with Crippen LogP contribution in [0.15, 0.2) is 18.2 Å². The van der Waals surface area contributed by atoms with Gasteiger partial charge in [-0.3, -0.25) is 4.79 Å². The Labute approximate surface area is 116 Å². The molecule has 1 amide bonds. The van der Waals surface area contributed by atoms with E-state index in [0.29, 0.717) is 13.1 Å². The molecule has 0 heterocycles. The van der Waals surface area contributed by atoms with Gasteiger partial charge in [0.05, 0.1) is 16.8 Å². The van der Waals surface area contributed by atoms with E-state index in [1.807, 2.05) is 6.92 Å². The quantitative estimate of drug-likeness (QED) is 0.784. The van der Waals surface area contributed by atoms with E-state index in [0.717, 1.165) is 18.9 Å². The number of hydrogen-bond donors (Lipinski definition) is 2. The van der Waals surface area contributed by atoms with Crippen molar-refractivity contribution in [2.45, 2.75) is 32.9 Å². The fourth-order valence-electron chi connectivity index (χ4n) is 1.82. The molecule has 6 heteroatoms. The summed E-state index contributed by atoms with van der Waals surface area (Å²) < 4.78 is 38.9. The van der Waals surface area contributed by atoms with Crippen LogP contribution in [0.5, 0.6) is 0 Å². The molecule has 0 radical (unpaired) electrons. The van der Waals surface area contributed by atoms with Crippen LogP contribution in [0.4, 0.5) is 18.9 Å². The van der Waals surface area contributed by atoms with Crippen LogP contribution >= 0.6 is 0 Å². The average Bonchev–Trinajstić information content (AvgIpc) is 2.38. The first-order valence-corrected chi connectivity index (χ1v) is 6.64. The maximum atomic E-state index is 13.0. The summed E-state index contributed by atoms with van der Waals surface area (Å²) in [7, 11) is 0. The van der Waals surface area contributed by atoms with Gasteiger partial charge in [0.1, 0.15) is 0 Å². The van der Waals surface area contributed by atoms with Crippen molar-refractivity contribution in [3.8, 4) is 0 Å². The number of carbonyl (C=O) groups is 1. The molecule has 0 aliphatic heterocycles. The van der Waals surface area contributed by atoms with Gasteiger partial charge in [-0.2, -0.15) is 13.2 Å². The van der Waals surface area contributed by atoms with Crippen LogP contribution in [0.25, 0.3) is 0 Å². The molecule has 1 rings (SSSR count). The Morgan fingerprint density at radius 1 is 1.25 bits per heavy atom. The Bertz CT molecular complexity index is 458. The molecule has 0 fully saturated rings. The smallest absolute Gasteiger partial charge is 0.384 e. The van der Waals surface area contributed by atoms with Gasteiger partial charge in [-0.05, 0) is 25.5 Å². The van der Waals surface area contributed by atoms with Gasteiger partial charge in [-0.1, -0.05) is 19.4 Å². The lowest BCUT2D eigenvalue weighted by atomic mass is 10.1. The van der Waals surface area contributed by atoms with E-state index in [2.05, 4.69) is 10.6 Å². The zero-order chi connectivity index (χ0) is 15.2. The summed E-state index contributed by atoms with van der Waals surface area (Å²) in [6, 6.07) is 3.62. The minimum Gasteiger partial charge on any atom is -0.384 e. The van der Waals surface area contributed by atoms with Crippen LogP contribution in [0.3, 0.4) is 0 Å². The predicted octanol–water partition coefficient (Wildman–Crippen LogP) is 3.67. The van der Waals surface area contributed by atoms with Gasteiger partial charge in [0.2, 0.25) is 0 Å². The Morgan fingerprint density at radius 3 is 2.50 bits per heavy atom. The zero-order valence-electron chi connectivity index (χ0n) is 11.6. The van der Waals surface area contributed by atoms with E-state index < -0.39 is 17.6 Å². The fourth-order valence-corrected chi connectivity index (χ4v) is 1.82. The number of rotatable bonds is 6. The molecule has 20 heavy (non-hydrogen) atoms. The second-order valence-corrected chi connectivity index (χ2v) is 4.37. The van der Waals surface area contributed by atoms with Crippen LogP contribution in [0.1, 0.15) is 42.6 Å². The van der Waals surface area contributed by atoms with Gasteiger partial charge in [0.15, 0.2) is 0 Å². The topological polar surface area (TPSA) is 41.1 Å². The van der Waals surface area contributed by atoms with E-state index in [1.165, 1.54) is 12.1 Å². The molecule has 0 unspecified atom stereocenters. The van der Waals surface area contributed by atoms with Crippen molar-refractivity contribution in [1.29, 1.82) is 0 Å². The number of benzene rings is 1. The summed E-state index contributed by atoms with van der Waals surface area (Å²) in [6.07, 6.45) is -2.79. The first kappa shape index (κ1) is 16.3. The van der Waals surface area contributed by atoms with Crippen molar-refractivity contribution in [3.05, 3.63) is 29.3 Å². The third-order valence-corrected chi connectivity index (χ3v) is 2.78. The summed E-state index contributed by atoms with van der Waals surface area (Å²) in [5, 5.41) is 5.27. The number of para-hydroxylation sites is 1. The standard InChI is InChI=1S/C14H19F3N2O/c1-3-5-9-19-13(20)10-7-6-8-11(14(15,16)17)12(10)18-4-2/h6-8,18H,3-5,9H2,1-2H3,(H,19,20). The average molecular weight is 288 g/mol. The zero-order valence-corrected chi connectivity index (χ0v) is 11.6. The van der Waals surface area contributed by atoms with Gasteiger partial charge >= 0.3 is 6.18 Å². The van der Waals surface area contributed by atoms with Crippen molar-refractivity contribution in [1.82, 2.24) is 5.32 Å². The van der Waals surface area contributed by atoms with E-state index in [9.17, 15) is 18.0 Å². The maximum Gasteiger partial charge on any atom is 0.418 e. The normalized spacial score (nSPS) is 11.2. The van der Waals surface area contributed by atoms with Crippen LogP contribution in [-0.4, -0.2) is 19.0 Å². The lowest BCUT2D eigenvalue weighted by molar-refractivity contribution is -0.137. The molecule has 0 aliphatic carbocycles. The number of hydrogen-bond acceptors (Lipinski definition) is 2. The molecule has 0 spiro atoms. The highest BCUT2D eigenvalue weighted by Crippen LogP contribution is 2.36. The summed E-state index contributed by atoms with van der Waals surface area (Å²) in [6.45, 7) is 4.42. The van der Waals surface area contributed by atoms with Gasteiger partial charge in [-0.25, -0.2) is 0 Å². The Hall–Kier alpha value is -1.72. The Kier molecular flexibility index (Phi) is 5.85. The SMILES string of the molecule is CCCCNC(=O)c1cccc(C(F)(F)F)c1NCC. The van der Waals surface area contributed by atoms with Crippen LogP contribution in [-0.2, 0) is 6.18 Å². The first-order chi connectivity index (χ1) is 9.41. The highest BCUT2D eigenvalue weighted by atomic mass is 19.4. The van der Waals surface area contributed by atoms with Crippen LogP contribution in [0.2, 0.25) is 0 Å². The first-order valence-electron chi connectivity index (χ1n) is 6.64. The molecule has 0 aliphatic rings. The third-order valence-electron chi connectivity index (χ3n) is 2.78. The van der Waals surface area contributed by atoms with Gasteiger partial charge in [0.25, 0.3) is 5.91 Å². The van der Waals surface area contributed by atoms with Crippen molar-refractivity contribution >= 4 is 11.6 Å². The van der Waals surface area contributed by atoms with E-state index in [1.54, 1.807) is 6.92 Å². The fraction of sp³-hybridized carbons (Fsp3) is 0.500. The van der Waals surface area contributed by atoms with Gasteiger partial charge in [0, 0.05) is 13.1 Å². The maximum absolute atomic E-state index is 13.0. The molecular formula is C14H19F3N2O. The monoisotopic (exact) mass is 288 g/mol. The lowest BCUT2D eigenvalue weighted by Crippen LogP contribution is -2.26. The molecule has 3 nitrogen and oxygen atoms in total. The second kappa shape index (κ2) is 7.17. The number of nitrogens with one attached hydrogen (secondary N) is 2. The predicted molar refractivity (Wildman–Crippen MR) is 72.8 cm³/mol. The summed E-state index contributed by atoms with van der Waals surface area (Å²) >= 11 is 0. The number of unbranched alkanes of at least 4 members (excludes halogenated alkanes) is 1. The molecular weight excluding hydrogens is 269 g/mol. The molecule has 2 N–H and O–H groups in total. The van der Waals surface area contributed by atoms with Crippen molar-refractivity contribution < 1.29 is 18.0 Å². The Morgan fingerprint density at radius 2 is 1.95 bits per heavy atom. The number of anilines is 1. The van der Waals surface area contributed by atoms with Gasteiger partial charge in [-0.15, -0.1) is 0 Å². The molecule has 112 valence electrons. The van der Waals surface area contributed by atoms with Crippen LogP contribution < -0.4 is 10.6 Å². The third kappa shape index (κ3) is 4.15. The van der Waals surface area contributed by atoms with E-state index in [4.69, 9.17) is 0 Å². The summed E-state index contributed by atoms with van der Waals surface area (Å²) in [4.78, 5) is 12.0. The number of carbonyl (C=O) groups excluding carboxylic acids is 1. The number of halogens is 3. The van der Waals surface area contributed by atoms with E-state index in [-0.39, 0.29) is 11.3 Å². The largest absolute Gasteiger partial charge is 0.418 e. The lowest BCUT2D eigenvalue weighted by Gasteiger charge is -2.17. The second-order valence-electron chi connectivity index (χ2n) is 4.37. The molecule has 1 aromatic rings. The summed E-state index contributed by atoms with van der Waals surface area (Å²) in [5.41, 5.74) is -0.947. The Balaban J connectivity index is 3.09. The molecule has 0 bridgehead atoms. The molecule has 0 saturated heterocycles. The van der Waals surface area contributed by atoms with Gasteiger partial charge < -0.3 is 10.6 Å².